The number of sulfonamides is 1. The van der Waals surface area contributed by atoms with Gasteiger partial charge in [0.05, 0.1) is 4.90 Å². The van der Waals surface area contributed by atoms with E-state index in [0.717, 1.165) is 5.56 Å². The van der Waals surface area contributed by atoms with Gasteiger partial charge >= 0.3 is 0 Å². The fourth-order valence-corrected chi connectivity index (χ4v) is 2.75. The van der Waals surface area contributed by atoms with Crippen molar-refractivity contribution in [2.24, 2.45) is 0 Å². The number of hydrogen-bond donors (Lipinski definition) is 2. The van der Waals surface area contributed by atoms with Crippen molar-refractivity contribution in [1.29, 1.82) is 0 Å². The van der Waals surface area contributed by atoms with Crippen molar-refractivity contribution in [3.05, 3.63) is 47.7 Å². The third-order valence-electron chi connectivity index (χ3n) is 2.89. The first-order valence-corrected chi connectivity index (χ1v) is 8.13. The second-order valence-corrected chi connectivity index (χ2v) is 6.49. The lowest BCUT2D eigenvalue weighted by Crippen LogP contribution is -2.34. The van der Waals surface area contributed by atoms with Gasteiger partial charge in [-0.3, -0.25) is 4.79 Å². The number of benzene rings is 1. The van der Waals surface area contributed by atoms with Crippen LogP contribution < -0.4 is 10.0 Å². The maximum absolute atomic E-state index is 12.0. The average molecular weight is 323 g/mol. The number of aromatic nitrogens is 1. The van der Waals surface area contributed by atoms with Gasteiger partial charge in [0.25, 0.3) is 5.91 Å². The van der Waals surface area contributed by atoms with Crippen LogP contribution >= 0.6 is 0 Å². The van der Waals surface area contributed by atoms with Crippen LogP contribution in [0.2, 0.25) is 0 Å². The second-order valence-electron chi connectivity index (χ2n) is 4.72. The molecule has 0 radical (unpaired) electrons. The maximum Gasteiger partial charge on any atom is 0.273 e. The third-order valence-corrected chi connectivity index (χ3v) is 4.36. The highest BCUT2D eigenvalue weighted by Gasteiger charge is 2.14. The topological polar surface area (TPSA) is 101 Å². The van der Waals surface area contributed by atoms with Crippen LogP contribution in [0.1, 0.15) is 21.9 Å². The molecule has 0 saturated carbocycles. The zero-order valence-corrected chi connectivity index (χ0v) is 13.1. The Kier molecular flexibility index (Phi) is 4.94. The highest BCUT2D eigenvalue weighted by Crippen LogP contribution is 2.09. The van der Waals surface area contributed by atoms with Gasteiger partial charge < -0.3 is 9.73 Å². The van der Waals surface area contributed by atoms with Crippen molar-refractivity contribution in [3.63, 3.8) is 0 Å². The summed E-state index contributed by atoms with van der Waals surface area (Å²) in [5, 5.41) is 2.56. The fourth-order valence-electron chi connectivity index (χ4n) is 1.72. The van der Waals surface area contributed by atoms with Crippen LogP contribution in [-0.4, -0.2) is 32.4 Å². The molecule has 0 aliphatic rings. The Balaban J connectivity index is 1.83. The number of hydrogen-bond acceptors (Lipinski definition) is 5. The molecular weight excluding hydrogens is 306 g/mol. The van der Waals surface area contributed by atoms with Gasteiger partial charge in [-0.25, -0.2) is 18.1 Å². The summed E-state index contributed by atoms with van der Waals surface area (Å²) < 4.78 is 31.4. The molecule has 1 heterocycles. The Morgan fingerprint density at radius 2 is 1.86 bits per heavy atom. The number of nitrogens with one attached hydrogen (secondary N) is 2. The number of amides is 1. The quantitative estimate of drug-likeness (QED) is 0.772. The monoisotopic (exact) mass is 323 g/mol. The number of carbonyl (C=O) groups excluding carboxylic acids is 1. The van der Waals surface area contributed by atoms with E-state index in [1.54, 1.807) is 19.1 Å². The molecule has 22 heavy (non-hydrogen) atoms. The summed E-state index contributed by atoms with van der Waals surface area (Å²) in [6.45, 7) is 3.74. The van der Waals surface area contributed by atoms with Gasteiger partial charge in [0.1, 0.15) is 6.26 Å². The van der Waals surface area contributed by atoms with E-state index in [2.05, 4.69) is 15.0 Å². The predicted octanol–water partition coefficient (Wildman–Crippen LogP) is 1.000. The Morgan fingerprint density at radius 1 is 1.18 bits per heavy atom. The van der Waals surface area contributed by atoms with Crippen LogP contribution in [0.3, 0.4) is 0 Å². The van der Waals surface area contributed by atoms with Crippen molar-refractivity contribution in [3.8, 4) is 0 Å². The summed E-state index contributed by atoms with van der Waals surface area (Å²) >= 11 is 0. The highest BCUT2D eigenvalue weighted by molar-refractivity contribution is 7.89. The number of rotatable bonds is 6. The van der Waals surface area contributed by atoms with E-state index in [1.165, 1.54) is 18.4 Å². The van der Waals surface area contributed by atoms with Crippen LogP contribution in [0.25, 0.3) is 0 Å². The summed E-state index contributed by atoms with van der Waals surface area (Å²) in [4.78, 5) is 15.7. The van der Waals surface area contributed by atoms with Crippen LogP contribution in [0, 0.1) is 13.8 Å². The molecule has 2 aromatic rings. The van der Waals surface area contributed by atoms with Crippen LogP contribution in [0.4, 0.5) is 0 Å². The normalized spacial score (nSPS) is 11.4. The van der Waals surface area contributed by atoms with E-state index >= 15 is 0 Å². The van der Waals surface area contributed by atoms with Crippen LogP contribution in [-0.2, 0) is 10.0 Å². The van der Waals surface area contributed by atoms with Gasteiger partial charge in [0.2, 0.25) is 10.0 Å². The van der Waals surface area contributed by atoms with E-state index < -0.39 is 15.9 Å². The minimum Gasteiger partial charge on any atom is -0.448 e. The van der Waals surface area contributed by atoms with E-state index in [9.17, 15) is 13.2 Å². The molecule has 0 saturated heterocycles. The molecule has 118 valence electrons. The molecule has 8 heteroatoms. The molecule has 0 bridgehead atoms. The summed E-state index contributed by atoms with van der Waals surface area (Å²) in [5.74, 6) is -0.0170. The summed E-state index contributed by atoms with van der Waals surface area (Å²) in [6.07, 6.45) is 1.25. The van der Waals surface area contributed by atoms with Crippen LogP contribution in [0.15, 0.2) is 39.8 Å². The van der Waals surface area contributed by atoms with Crippen molar-refractivity contribution >= 4 is 15.9 Å². The molecule has 0 unspecified atom stereocenters. The molecule has 1 amide bonds. The largest absolute Gasteiger partial charge is 0.448 e. The van der Waals surface area contributed by atoms with Crippen molar-refractivity contribution in [2.45, 2.75) is 18.7 Å². The second kappa shape index (κ2) is 6.71. The zero-order valence-electron chi connectivity index (χ0n) is 12.3. The molecule has 0 aliphatic heterocycles. The van der Waals surface area contributed by atoms with Gasteiger partial charge in [-0.2, -0.15) is 0 Å². The SMILES string of the molecule is Cc1ccc(S(=O)(=O)NCCNC(=O)c2coc(C)n2)cc1. The molecule has 2 N–H and O–H groups in total. The molecule has 0 spiro atoms. The minimum atomic E-state index is -3.57. The standard InChI is InChI=1S/C14H17N3O4S/c1-10-3-5-12(6-4-10)22(19,20)16-8-7-15-14(18)13-9-21-11(2)17-13/h3-6,9,16H,7-8H2,1-2H3,(H,15,18). The zero-order chi connectivity index (χ0) is 16.2. The van der Waals surface area contributed by atoms with Gasteiger partial charge in [0, 0.05) is 20.0 Å². The van der Waals surface area contributed by atoms with Crippen LogP contribution in [0.5, 0.6) is 0 Å². The first kappa shape index (κ1) is 16.2. The molecule has 0 aliphatic carbocycles. The Labute approximate surface area is 128 Å². The number of nitrogens with zero attached hydrogens (tertiary/aromatic N) is 1. The first-order valence-electron chi connectivity index (χ1n) is 6.65. The molecular formula is C14H17N3O4S. The Bertz CT molecular complexity index is 751. The molecule has 1 aromatic carbocycles. The van der Waals surface area contributed by atoms with Crippen molar-refractivity contribution in [2.75, 3.05) is 13.1 Å². The van der Waals surface area contributed by atoms with E-state index in [1.807, 2.05) is 6.92 Å². The van der Waals surface area contributed by atoms with Gasteiger partial charge in [-0.05, 0) is 19.1 Å². The van der Waals surface area contributed by atoms with Gasteiger partial charge in [0.15, 0.2) is 11.6 Å². The lowest BCUT2D eigenvalue weighted by Gasteiger charge is -2.07. The summed E-state index contributed by atoms with van der Waals surface area (Å²) in [7, 11) is -3.57. The number of oxazole rings is 1. The average Bonchev–Trinajstić information content (AvgIpc) is 2.90. The lowest BCUT2D eigenvalue weighted by atomic mass is 10.2. The number of carbonyl (C=O) groups is 1. The van der Waals surface area contributed by atoms with Gasteiger partial charge in [-0.15, -0.1) is 0 Å². The minimum absolute atomic E-state index is 0.0821. The van der Waals surface area contributed by atoms with Crippen molar-refractivity contribution in [1.82, 2.24) is 15.0 Å². The molecule has 1 aromatic heterocycles. The fraction of sp³-hybridized carbons (Fsp3) is 0.286. The van der Waals surface area contributed by atoms with Gasteiger partial charge in [-0.1, -0.05) is 17.7 Å². The van der Waals surface area contributed by atoms with E-state index in [-0.39, 0.29) is 23.7 Å². The van der Waals surface area contributed by atoms with Crippen molar-refractivity contribution < 1.29 is 17.6 Å². The lowest BCUT2D eigenvalue weighted by molar-refractivity contribution is 0.0949. The number of aryl methyl sites for hydroxylation is 2. The third kappa shape index (κ3) is 4.15. The summed E-state index contributed by atoms with van der Waals surface area (Å²) in [5.41, 5.74) is 1.15. The molecule has 7 nitrogen and oxygen atoms in total. The molecule has 0 atom stereocenters. The predicted molar refractivity (Wildman–Crippen MR) is 79.9 cm³/mol. The molecule has 2 rings (SSSR count). The maximum atomic E-state index is 12.0. The summed E-state index contributed by atoms with van der Waals surface area (Å²) in [6, 6.07) is 6.52. The smallest absolute Gasteiger partial charge is 0.273 e. The Hall–Kier alpha value is -2.19. The van der Waals surface area contributed by atoms with E-state index in [4.69, 9.17) is 4.42 Å². The first-order chi connectivity index (χ1) is 10.4. The van der Waals surface area contributed by atoms with E-state index in [0.29, 0.717) is 5.89 Å². The molecule has 0 fully saturated rings. The Morgan fingerprint density at radius 3 is 2.45 bits per heavy atom. The highest BCUT2D eigenvalue weighted by atomic mass is 32.2.